The number of rotatable bonds is 7. The maximum absolute atomic E-state index is 13.0. The Morgan fingerprint density at radius 3 is 2.50 bits per heavy atom. The van der Waals surface area contributed by atoms with Gasteiger partial charge in [0.1, 0.15) is 5.75 Å². The van der Waals surface area contributed by atoms with Gasteiger partial charge >= 0.3 is 12.0 Å². The predicted molar refractivity (Wildman–Crippen MR) is 131 cm³/mol. The van der Waals surface area contributed by atoms with Gasteiger partial charge in [-0.25, -0.2) is 9.59 Å². The Morgan fingerprint density at radius 2 is 1.85 bits per heavy atom. The van der Waals surface area contributed by atoms with Gasteiger partial charge < -0.3 is 25.0 Å². The van der Waals surface area contributed by atoms with E-state index >= 15 is 0 Å². The van der Waals surface area contributed by atoms with Crippen LogP contribution in [0.25, 0.3) is 0 Å². The van der Waals surface area contributed by atoms with Crippen molar-refractivity contribution in [2.75, 3.05) is 51.3 Å². The van der Waals surface area contributed by atoms with Crippen molar-refractivity contribution in [1.29, 1.82) is 0 Å². The number of halogens is 1. The van der Waals surface area contributed by atoms with E-state index in [9.17, 15) is 9.59 Å². The Morgan fingerprint density at radius 1 is 1.12 bits per heavy atom. The SMILES string of the molecule is CCOC(=O)C1=C(CN2CCN(c3ccc(OC)cc3)CC2)NC(=O)N[C@H]1c1cccc(Cl)c1. The van der Waals surface area contributed by atoms with Gasteiger partial charge in [0.2, 0.25) is 0 Å². The lowest BCUT2D eigenvalue weighted by atomic mass is 9.95. The topological polar surface area (TPSA) is 83.1 Å². The van der Waals surface area contributed by atoms with Crippen molar-refractivity contribution in [2.45, 2.75) is 13.0 Å². The van der Waals surface area contributed by atoms with Crippen molar-refractivity contribution in [3.8, 4) is 5.75 Å². The minimum absolute atomic E-state index is 0.242. The van der Waals surface area contributed by atoms with Crippen LogP contribution in [0.2, 0.25) is 5.02 Å². The molecule has 4 rings (SSSR count). The molecule has 8 nitrogen and oxygen atoms in total. The van der Waals surface area contributed by atoms with E-state index in [1.807, 2.05) is 18.2 Å². The molecule has 34 heavy (non-hydrogen) atoms. The first-order chi connectivity index (χ1) is 16.5. The zero-order valence-electron chi connectivity index (χ0n) is 19.3. The summed E-state index contributed by atoms with van der Waals surface area (Å²) in [5, 5.41) is 6.23. The lowest BCUT2D eigenvalue weighted by Gasteiger charge is -2.38. The van der Waals surface area contributed by atoms with E-state index in [1.165, 1.54) is 0 Å². The number of methoxy groups -OCH3 is 1. The van der Waals surface area contributed by atoms with E-state index in [0.717, 1.165) is 43.2 Å². The molecule has 2 heterocycles. The highest BCUT2D eigenvalue weighted by Gasteiger charge is 2.34. The number of carbonyl (C=O) groups excluding carboxylic acids is 2. The van der Waals surface area contributed by atoms with Crippen LogP contribution in [-0.2, 0) is 9.53 Å². The van der Waals surface area contributed by atoms with Gasteiger partial charge in [-0.1, -0.05) is 23.7 Å². The zero-order valence-corrected chi connectivity index (χ0v) is 20.1. The number of hydrogen-bond acceptors (Lipinski definition) is 6. The second-order valence-electron chi connectivity index (χ2n) is 8.16. The number of nitrogens with one attached hydrogen (secondary N) is 2. The maximum atomic E-state index is 13.0. The summed E-state index contributed by atoms with van der Waals surface area (Å²) < 4.78 is 10.6. The molecular weight excluding hydrogens is 456 g/mol. The van der Waals surface area contributed by atoms with Gasteiger partial charge in [0.25, 0.3) is 0 Å². The summed E-state index contributed by atoms with van der Waals surface area (Å²) in [5.41, 5.74) is 2.83. The normalized spacial score (nSPS) is 18.9. The Balaban J connectivity index is 1.53. The Bertz CT molecular complexity index is 1060. The molecule has 0 bridgehead atoms. The average molecular weight is 485 g/mol. The summed E-state index contributed by atoms with van der Waals surface area (Å²) in [4.78, 5) is 30.0. The predicted octanol–water partition coefficient (Wildman–Crippen LogP) is 3.34. The van der Waals surface area contributed by atoms with Crippen LogP contribution in [0.3, 0.4) is 0 Å². The second-order valence-corrected chi connectivity index (χ2v) is 8.60. The van der Waals surface area contributed by atoms with Crippen LogP contribution in [0, 0.1) is 0 Å². The van der Waals surface area contributed by atoms with Crippen molar-refractivity contribution in [2.24, 2.45) is 0 Å². The van der Waals surface area contributed by atoms with Gasteiger partial charge in [0, 0.05) is 49.1 Å². The number of nitrogens with zero attached hydrogens (tertiary/aromatic N) is 2. The summed E-state index contributed by atoms with van der Waals surface area (Å²) >= 11 is 6.18. The molecular formula is C25H29ClN4O4. The number of amides is 2. The van der Waals surface area contributed by atoms with Gasteiger partial charge in [-0.3, -0.25) is 4.90 Å². The quantitative estimate of drug-likeness (QED) is 0.586. The first-order valence-electron chi connectivity index (χ1n) is 11.3. The van der Waals surface area contributed by atoms with E-state index < -0.39 is 12.0 Å². The van der Waals surface area contributed by atoms with Crippen LogP contribution < -0.4 is 20.3 Å². The molecule has 2 aliphatic rings. The molecule has 0 aliphatic carbocycles. The average Bonchev–Trinajstić information content (AvgIpc) is 2.84. The number of benzene rings is 2. The third-order valence-electron chi connectivity index (χ3n) is 6.02. The van der Waals surface area contributed by atoms with Gasteiger partial charge in [-0.05, 0) is 48.9 Å². The van der Waals surface area contributed by atoms with Crippen LogP contribution >= 0.6 is 11.6 Å². The lowest BCUT2D eigenvalue weighted by Crippen LogP contribution is -2.51. The highest BCUT2D eigenvalue weighted by Crippen LogP contribution is 2.30. The summed E-state index contributed by atoms with van der Waals surface area (Å²) in [5.74, 6) is 0.378. The second kappa shape index (κ2) is 10.8. The number of hydrogen-bond donors (Lipinski definition) is 2. The molecule has 1 atom stereocenters. The van der Waals surface area contributed by atoms with Gasteiger partial charge in [-0.15, -0.1) is 0 Å². The molecule has 2 N–H and O–H groups in total. The maximum Gasteiger partial charge on any atom is 0.338 e. The molecule has 1 saturated heterocycles. The Labute approximate surface area is 204 Å². The molecule has 2 aliphatic heterocycles. The molecule has 0 radical (unpaired) electrons. The fourth-order valence-electron chi connectivity index (χ4n) is 4.31. The lowest BCUT2D eigenvalue weighted by molar-refractivity contribution is -0.139. The Kier molecular flexibility index (Phi) is 7.59. The monoisotopic (exact) mass is 484 g/mol. The summed E-state index contributed by atoms with van der Waals surface area (Å²) in [7, 11) is 1.66. The molecule has 180 valence electrons. The number of ether oxygens (including phenoxy) is 2. The van der Waals surface area contributed by atoms with Crippen molar-refractivity contribution in [3.63, 3.8) is 0 Å². The number of esters is 1. The van der Waals surface area contributed by atoms with Crippen molar-refractivity contribution >= 4 is 29.3 Å². The molecule has 1 fully saturated rings. The van der Waals surface area contributed by atoms with Crippen LogP contribution in [0.4, 0.5) is 10.5 Å². The third-order valence-corrected chi connectivity index (χ3v) is 6.26. The zero-order chi connectivity index (χ0) is 24.1. The van der Waals surface area contributed by atoms with Gasteiger partial charge in [0.15, 0.2) is 0 Å². The third kappa shape index (κ3) is 5.46. The Hall–Kier alpha value is -3.23. The first-order valence-corrected chi connectivity index (χ1v) is 11.7. The molecule has 0 saturated carbocycles. The summed E-state index contributed by atoms with van der Waals surface area (Å²) in [6.07, 6.45) is 0. The van der Waals surface area contributed by atoms with Crippen molar-refractivity contribution in [3.05, 3.63) is 70.4 Å². The van der Waals surface area contributed by atoms with Crippen LogP contribution in [-0.4, -0.2) is 63.3 Å². The van der Waals surface area contributed by atoms with Gasteiger partial charge in [0.05, 0.1) is 25.3 Å². The largest absolute Gasteiger partial charge is 0.497 e. The highest BCUT2D eigenvalue weighted by molar-refractivity contribution is 6.30. The fourth-order valence-corrected chi connectivity index (χ4v) is 4.51. The van der Waals surface area contributed by atoms with Crippen molar-refractivity contribution in [1.82, 2.24) is 15.5 Å². The van der Waals surface area contributed by atoms with E-state index in [4.69, 9.17) is 21.1 Å². The minimum Gasteiger partial charge on any atom is -0.497 e. The van der Waals surface area contributed by atoms with Crippen LogP contribution in [0.15, 0.2) is 59.8 Å². The smallest absolute Gasteiger partial charge is 0.338 e. The number of piperazine rings is 1. The summed E-state index contributed by atoms with van der Waals surface area (Å²) in [6, 6.07) is 14.2. The summed E-state index contributed by atoms with van der Waals surface area (Å²) in [6.45, 7) is 5.69. The number of anilines is 1. The molecule has 0 unspecified atom stereocenters. The fraction of sp³-hybridized carbons (Fsp3) is 0.360. The minimum atomic E-state index is -0.637. The molecule has 2 aromatic carbocycles. The van der Waals surface area contributed by atoms with Gasteiger partial charge in [-0.2, -0.15) is 0 Å². The van der Waals surface area contributed by atoms with E-state index in [-0.39, 0.29) is 12.6 Å². The van der Waals surface area contributed by atoms with Crippen molar-refractivity contribution < 1.29 is 19.1 Å². The van der Waals surface area contributed by atoms with E-state index in [1.54, 1.807) is 32.2 Å². The van der Waals surface area contributed by atoms with E-state index in [0.29, 0.717) is 22.8 Å². The molecule has 2 aromatic rings. The first kappa shape index (κ1) is 23.9. The molecule has 2 amide bonds. The standard InChI is InChI=1S/C25H29ClN4O4/c1-3-34-24(31)22-21(27-25(32)28-23(22)17-5-4-6-18(26)15-17)16-29-11-13-30(14-12-29)19-7-9-20(33-2)10-8-19/h4-10,15,23H,3,11-14,16H2,1-2H3,(H2,27,28,32)/t23-/m0/s1. The van der Waals surface area contributed by atoms with Crippen LogP contribution in [0.5, 0.6) is 5.75 Å². The molecule has 0 spiro atoms. The molecule has 0 aromatic heterocycles. The molecule has 9 heteroatoms. The van der Waals surface area contributed by atoms with E-state index in [2.05, 4.69) is 32.6 Å². The van der Waals surface area contributed by atoms with Crippen LogP contribution in [0.1, 0.15) is 18.5 Å². The number of carbonyl (C=O) groups is 2. The number of urea groups is 1. The highest BCUT2D eigenvalue weighted by atomic mass is 35.5.